The van der Waals surface area contributed by atoms with Crippen LogP contribution in [0.5, 0.6) is 11.5 Å². The fraction of sp³-hybridized carbons (Fsp3) is 0.200. The number of rotatable bonds is 5. The van der Waals surface area contributed by atoms with Crippen molar-refractivity contribution >= 4 is 22.8 Å². The van der Waals surface area contributed by atoms with Crippen LogP contribution in [0, 0.1) is 0 Å². The average molecular weight is 441 g/mol. The molecule has 0 atom stereocenters. The number of benzene rings is 2. The number of pyridine rings is 1. The third kappa shape index (κ3) is 5.24. The van der Waals surface area contributed by atoms with Gasteiger partial charge in [0.1, 0.15) is 11.5 Å². The van der Waals surface area contributed by atoms with Gasteiger partial charge in [-0.15, -0.1) is 0 Å². The zero-order valence-corrected chi connectivity index (χ0v) is 18.1. The minimum absolute atomic E-state index is 0.142. The SMILES string of the molecule is O=C(Nc1cnccn1)N1CCN(Cc2cccc(Oc3ccc4ncccc4c3)c2)CC1. The lowest BCUT2D eigenvalue weighted by molar-refractivity contribution is 0.143. The Hall–Kier alpha value is -4.04. The molecule has 2 aromatic heterocycles. The first kappa shape index (κ1) is 20.8. The van der Waals surface area contributed by atoms with Gasteiger partial charge in [0.25, 0.3) is 0 Å². The third-order valence-electron chi connectivity index (χ3n) is 5.57. The number of nitrogens with one attached hydrogen (secondary N) is 1. The summed E-state index contributed by atoms with van der Waals surface area (Å²) in [5.41, 5.74) is 2.12. The summed E-state index contributed by atoms with van der Waals surface area (Å²) >= 11 is 0. The van der Waals surface area contributed by atoms with Crippen molar-refractivity contribution in [3.63, 3.8) is 0 Å². The Kier molecular flexibility index (Phi) is 6.08. The predicted octanol–water partition coefficient (Wildman–Crippen LogP) is 4.17. The number of urea groups is 1. The molecular weight excluding hydrogens is 416 g/mol. The molecule has 0 saturated carbocycles. The third-order valence-corrected chi connectivity index (χ3v) is 5.57. The molecule has 1 aliphatic rings. The lowest BCUT2D eigenvalue weighted by Crippen LogP contribution is -2.49. The Morgan fingerprint density at radius 2 is 1.79 bits per heavy atom. The summed E-state index contributed by atoms with van der Waals surface area (Å²) in [4.78, 5) is 29.0. The van der Waals surface area contributed by atoms with Gasteiger partial charge in [-0.3, -0.25) is 20.2 Å². The zero-order chi connectivity index (χ0) is 22.5. The molecule has 0 spiro atoms. The summed E-state index contributed by atoms with van der Waals surface area (Å²) < 4.78 is 6.10. The van der Waals surface area contributed by atoms with E-state index in [9.17, 15) is 4.79 Å². The minimum Gasteiger partial charge on any atom is -0.457 e. The highest BCUT2D eigenvalue weighted by Gasteiger charge is 2.21. The standard InChI is InChI=1S/C25H24N6O2/c32-25(29-24-17-26-9-10-28-24)31-13-11-30(12-14-31)18-19-3-1-5-21(15-19)33-22-6-7-23-20(16-22)4-2-8-27-23/h1-10,15-17H,11-14,18H2,(H,28,29,32). The van der Waals surface area contributed by atoms with Gasteiger partial charge in [-0.1, -0.05) is 18.2 Å². The molecule has 8 heteroatoms. The van der Waals surface area contributed by atoms with Crippen LogP contribution in [0.3, 0.4) is 0 Å². The van der Waals surface area contributed by atoms with E-state index in [0.717, 1.165) is 42.0 Å². The number of carbonyl (C=O) groups is 1. The van der Waals surface area contributed by atoms with Crippen LogP contribution in [0.25, 0.3) is 10.9 Å². The Morgan fingerprint density at radius 1 is 0.909 bits per heavy atom. The molecule has 8 nitrogen and oxygen atoms in total. The van der Waals surface area contributed by atoms with E-state index in [0.29, 0.717) is 18.9 Å². The van der Waals surface area contributed by atoms with Crippen molar-refractivity contribution in [2.24, 2.45) is 0 Å². The number of fused-ring (bicyclic) bond motifs is 1. The normalized spacial score (nSPS) is 14.2. The van der Waals surface area contributed by atoms with Gasteiger partial charge in [-0.2, -0.15) is 0 Å². The molecule has 1 fully saturated rings. The quantitative estimate of drug-likeness (QED) is 0.502. The molecule has 0 unspecified atom stereocenters. The van der Waals surface area contributed by atoms with Crippen molar-refractivity contribution in [1.29, 1.82) is 0 Å². The van der Waals surface area contributed by atoms with Gasteiger partial charge >= 0.3 is 6.03 Å². The van der Waals surface area contributed by atoms with Crippen LogP contribution in [0.15, 0.2) is 79.4 Å². The van der Waals surface area contributed by atoms with Crippen molar-refractivity contribution in [1.82, 2.24) is 24.8 Å². The van der Waals surface area contributed by atoms with E-state index in [2.05, 4.69) is 37.3 Å². The number of ether oxygens (including phenoxy) is 1. The number of piperazine rings is 1. The number of aromatic nitrogens is 3. The van der Waals surface area contributed by atoms with Crippen molar-refractivity contribution in [2.75, 3.05) is 31.5 Å². The maximum absolute atomic E-state index is 12.4. The topological polar surface area (TPSA) is 83.5 Å². The molecule has 0 radical (unpaired) electrons. The summed E-state index contributed by atoms with van der Waals surface area (Å²) in [5.74, 6) is 2.05. The summed E-state index contributed by atoms with van der Waals surface area (Å²) in [6, 6.07) is 17.9. The molecule has 166 valence electrons. The second-order valence-electron chi connectivity index (χ2n) is 7.89. The lowest BCUT2D eigenvalue weighted by atomic mass is 10.2. The van der Waals surface area contributed by atoms with Gasteiger partial charge in [0.2, 0.25) is 0 Å². The molecule has 3 heterocycles. The van der Waals surface area contributed by atoms with Crippen molar-refractivity contribution < 1.29 is 9.53 Å². The molecule has 4 aromatic rings. The largest absolute Gasteiger partial charge is 0.457 e. The van der Waals surface area contributed by atoms with Crippen LogP contribution in [0.4, 0.5) is 10.6 Å². The van der Waals surface area contributed by atoms with Crippen LogP contribution in [-0.4, -0.2) is 57.0 Å². The average Bonchev–Trinajstić information content (AvgIpc) is 2.85. The van der Waals surface area contributed by atoms with Gasteiger partial charge in [0.05, 0.1) is 11.7 Å². The highest BCUT2D eigenvalue weighted by molar-refractivity contribution is 5.88. The number of nitrogens with zero attached hydrogens (tertiary/aromatic N) is 5. The smallest absolute Gasteiger partial charge is 0.323 e. The first-order chi connectivity index (χ1) is 16.2. The van der Waals surface area contributed by atoms with Crippen LogP contribution < -0.4 is 10.1 Å². The molecule has 5 rings (SSSR count). The molecule has 1 aliphatic heterocycles. The fourth-order valence-electron chi connectivity index (χ4n) is 3.88. The fourth-order valence-corrected chi connectivity index (χ4v) is 3.88. The van der Waals surface area contributed by atoms with Crippen LogP contribution in [0.2, 0.25) is 0 Å². The summed E-state index contributed by atoms with van der Waals surface area (Å²) in [6.07, 6.45) is 6.46. The summed E-state index contributed by atoms with van der Waals surface area (Å²) in [6.45, 7) is 3.73. The van der Waals surface area contributed by atoms with Crippen LogP contribution >= 0.6 is 0 Å². The Labute approximate surface area is 191 Å². The minimum atomic E-state index is -0.142. The predicted molar refractivity (Wildman–Crippen MR) is 126 cm³/mol. The van der Waals surface area contributed by atoms with E-state index in [1.165, 1.54) is 11.8 Å². The first-order valence-corrected chi connectivity index (χ1v) is 10.9. The van der Waals surface area contributed by atoms with Crippen molar-refractivity contribution in [2.45, 2.75) is 6.54 Å². The van der Waals surface area contributed by atoms with Crippen LogP contribution in [0.1, 0.15) is 5.56 Å². The highest BCUT2D eigenvalue weighted by Crippen LogP contribution is 2.26. The molecule has 2 aromatic carbocycles. The zero-order valence-electron chi connectivity index (χ0n) is 18.1. The van der Waals surface area contributed by atoms with Gasteiger partial charge < -0.3 is 9.64 Å². The molecule has 1 saturated heterocycles. The number of amides is 2. The second-order valence-corrected chi connectivity index (χ2v) is 7.89. The highest BCUT2D eigenvalue weighted by atomic mass is 16.5. The van der Waals surface area contributed by atoms with Crippen molar-refractivity contribution in [3.8, 4) is 11.5 Å². The van der Waals surface area contributed by atoms with Gasteiger partial charge in [-0.25, -0.2) is 9.78 Å². The Bertz CT molecular complexity index is 1240. The van der Waals surface area contributed by atoms with Crippen LogP contribution in [-0.2, 0) is 6.54 Å². The molecule has 1 N–H and O–H groups in total. The van der Waals surface area contributed by atoms with E-state index in [4.69, 9.17) is 4.74 Å². The molecule has 0 aliphatic carbocycles. The summed E-state index contributed by atoms with van der Waals surface area (Å²) in [5, 5.41) is 3.84. The second kappa shape index (κ2) is 9.62. The number of anilines is 1. The van der Waals surface area contributed by atoms with Gasteiger partial charge in [0, 0.05) is 56.7 Å². The maximum Gasteiger partial charge on any atom is 0.323 e. The van der Waals surface area contributed by atoms with E-state index >= 15 is 0 Å². The number of carbonyl (C=O) groups excluding carboxylic acids is 1. The molecular formula is C25H24N6O2. The number of hydrogen-bond acceptors (Lipinski definition) is 6. The monoisotopic (exact) mass is 440 g/mol. The number of hydrogen-bond donors (Lipinski definition) is 1. The van der Waals surface area contributed by atoms with Gasteiger partial charge in [-0.05, 0) is 42.0 Å². The molecule has 2 amide bonds. The van der Waals surface area contributed by atoms with E-state index in [-0.39, 0.29) is 6.03 Å². The Morgan fingerprint density at radius 3 is 2.64 bits per heavy atom. The lowest BCUT2D eigenvalue weighted by Gasteiger charge is -2.34. The molecule has 0 bridgehead atoms. The maximum atomic E-state index is 12.4. The first-order valence-electron chi connectivity index (χ1n) is 10.9. The van der Waals surface area contributed by atoms with E-state index in [1.54, 1.807) is 23.5 Å². The van der Waals surface area contributed by atoms with Gasteiger partial charge in [0.15, 0.2) is 5.82 Å². The Balaban J connectivity index is 1.16. The van der Waals surface area contributed by atoms with Crippen molar-refractivity contribution in [3.05, 3.63) is 84.9 Å². The molecule has 33 heavy (non-hydrogen) atoms. The summed E-state index contributed by atoms with van der Waals surface area (Å²) in [7, 11) is 0. The van der Waals surface area contributed by atoms with E-state index in [1.807, 2.05) is 42.5 Å². The van der Waals surface area contributed by atoms with E-state index < -0.39 is 0 Å².